The average molecular weight is 379 g/mol. The number of carbonyl (C=O) groups excluding carboxylic acids is 1. The highest BCUT2D eigenvalue weighted by atomic mass is 32.2. The van der Waals surface area contributed by atoms with E-state index in [0.717, 1.165) is 10.5 Å². The van der Waals surface area contributed by atoms with Crippen LogP contribution in [-0.4, -0.2) is 23.8 Å². The molecule has 1 unspecified atom stereocenters. The van der Waals surface area contributed by atoms with Crippen LogP contribution in [0, 0.1) is 0 Å². The summed E-state index contributed by atoms with van der Waals surface area (Å²) >= 11 is 1.64. The van der Waals surface area contributed by atoms with E-state index in [1.165, 1.54) is 0 Å². The van der Waals surface area contributed by atoms with E-state index in [4.69, 9.17) is 4.74 Å². The fourth-order valence-electron chi connectivity index (χ4n) is 2.59. The molecule has 0 aliphatic heterocycles. The van der Waals surface area contributed by atoms with Gasteiger partial charge in [-0.1, -0.05) is 42.5 Å². The van der Waals surface area contributed by atoms with Crippen LogP contribution in [0.2, 0.25) is 0 Å². The van der Waals surface area contributed by atoms with Crippen molar-refractivity contribution in [1.82, 2.24) is 5.32 Å². The molecule has 27 heavy (non-hydrogen) atoms. The van der Waals surface area contributed by atoms with Crippen molar-refractivity contribution >= 4 is 17.7 Å². The quantitative estimate of drug-likeness (QED) is 0.586. The van der Waals surface area contributed by atoms with Crippen LogP contribution in [0.5, 0.6) is 11.5 Å². The molecule has 3 aromatic rings. The molecule has 1 atom stereocenters. The van der Waals surface area contributed by atoms with Gasteiger partial charge in [0.15, 0.2) is 0 Å². The lowest BCUT2D eigenvalue weighted by Crippen LogP contribution is -2.28. The summed E-state index contributed by atoms with van der Waals surface area (Å²) in [6.45, 7) is 0.122. The third-order valence-corrected chi connectivity index (χ3v) is 4.80. The monoisotopic (exact) mass is 379 g/mol. The van der Waals surface area contributed by atoms with Crippen LogP contribution in [0.1, 0.15) is 22.0 Å². The number of aliphatic hydroxyl groups excluding tert-OH is 1. The lowest BCUT2D eigenvalue weighted by atomic mass is 10.1. The van der Waals surface area contributed by atoms with Crippen molar-refractivity contribution in [3.05, 3.63) is 90.0 Å². The van der Waals surface area contributed by atoms with E-state index in [9.17, 15) is 9.90 Å². The Hall–Kier alpha value is -2.76. The Balaban J connectivity index is 1.65. The minimum absolute atomic E-state index is 0.122. The molecule has 0 radical (unpaired) electrons. The molecule has 0 aliphatic rings. The maximum Gasteiger partial charge on any atom is 0.255 e. The summed E-state index contributed by atoms with van der Waals surface area (Å²) in [5.41, 5.74) is 1.19. The van der Waals surface area contributed by atoms with E-state index in [0.29, 0.717) is 17.1 Å². The molecular formula is C22H21NO3S. The van der Waals surface area contributed by atoms with Crippen LogP contribution in [0.25, 0.3) is 0 Å². The van der Waals surface area contributed by atoms with E-state index in [2.05, 4.69) is 5.32 Å². The van der Waals surface area contributed by atoms with Gasteiger partial charge >= 0.3 is 0 Å². The zero-order valence-electron chi connectivity index (χ0n) is 15.0. The topological polar surface area (TPSA) is 58.6 Å². The second-order valence-electron chi connectivity index (χ2n) is 5.91. The normalized spacial score (nSPS) is 11.6. The summed E-state index contributed by atoms with van der Waals surface area (Å²) in [6, 6.07) is 24.0. The van der Waals surface area contributed by atoms with Crippen molar-refractivity contribution in [3.63, 3.8) is 0 Å². The maximum atomic E-state index is 12.6. The third kappa shape index (κ3) is 5.12. The van der Waals surface area contributed by atoms with Crippen LogP contribution < -0.4 is 10.1 Å². The molecule has 4 nitrogen and oxygen atoms in total. The highest BCUT2D eigenvalue weighted by Crippen LogP contribution is 2.25. The van der Waals surface area contributed by atoms with Crippen LogP contribution >= 0.6 is 11.8 Å². The Labute approximate surface area is 163 Å². The van der Waals surface area contributed by atoms with E-state index in [1.807, 2.05) is 66.9 Å². The summed E-state index contributed by atoms with van der Waals surface area (Å²) in [4.78, 5) is 13.7. The molecule has 3 rings (SSSR count). The lowest BCUT2D eigenvalue weighted by Gasteiger charge is -2.14. The molecule has 0 aromatic heterocycles. The van der Waals surface area contributed by atoms with Gasteiger partial charge in [-0.15, -0.1) is 11.8 Å². The molecule has 1 amide bonds. The summed E-state index contributed by atoms with van der Waals surface area (Å²) in [5, 5.41) is 13.1. The predicted molar refractivity (Wildman–Crippen MR) is 108 cm³/mol. The zero-order valence-corrected chi connectivity index (χ0v) is 15.8. The SMILES string of the molecule is CSc1ccc(C(O)CNC(=O)c2ccccc2Oc2ccccc2)cc1. The van der Waals surface area contributed by atoms with Gasteiger partial charge in [0, 0.05) is 11.4 Å². The molecular weight excluding hydrogens is 358 g/mol. The molecule has 0 heterocycles. The van der Waals surface area contributed by atoms with E-state index in [-0.39, 0.29) is 12.5 Å². The number of ether oxygens (including phenoxy) is 1. The van der Waals surface area contributed by atoms with Crippen molar-refractivity contribution < 1.29 is 14.6 Å². The standard InChI is InChI=1S/C22H21NO3S/c1-27-18-13-11-16(12-14-18)20(24)15-23-22(25)19-9-5-6-10-21(19)26-17-7-3-2-4-8-17/h2-14,20,24H,15H2,1H3,(H,23,25). The van der Waals surface area contributed by atoms with Crippen LogP contribution in [0.4, 0.5) is 0 Å². The summed E-state index contributed by atoms with van der Waals surface area (Å²) in [6.07, 6.45) is 1.23. The van der Waals surface area contributed by atoms with Crippen molar-refractivity contribution in [2.24, 2.45) is 0 Å². The van der Waals surface area contributed by atoms with Crippen molar-refractivity contribution in [2.45, 2.75) is 11.0 Å². The molecule has 3 aromatic carbocycles. The van der Waals surface area contributed by atoms with Gasteiger partial charge in [0.1, 0.15) is 11.5 Å². The largest absolute Gasteiger partial charge is 0.457 e. The van der Waals surface area contributed by atoms with Crippen LogP contribution in [-0.2, 0) is 0 Å². The van der Waals surface area contributed by atoms with Gasteiger partial charge in [0.05, 0.1) is 11.7 Å². The first-order valence-corrected chi connectivity index (χ1v) is 9.82. The van der Waals surface area contributed by atoms with Gasteiger partial charge in [0.25, 0.3) is 5.91 Å². The highest BCUT2D eigenvalue weighted by molar-refractivity contribution is 7.98. The highest BCUT2D eigenvalue weighted by Gasteiger charge is 2.15. The number of nitrogens with one attached hydrogen (secondary N) is 1. The molecule has 138 valence electrons. The Morgan fingerprint density at radius 3 is 2.37 bits per heavy atom. The first kappa shape index (κ1) is 19.0. The minimum Gasteiger partial charge on any atom is -0.457 e. The van der Waals surface area contributed by atoms with Crippen LogP contribution in [0.3, 0.4) is 0 Å². The first-order chi connectivity index (χ1) is 13.2. The smallest absolute Gasteiger partial charge is 0.255 e. The number of carbonyl (C=O) groups is 1. The summed E-state index contributed by atoms with van der Waals surface area (Å²) < 4.78 is 5.82. The number of hydrogen-bond acceptors (Lipinski definition) is 4. The number of para-hydroxylation sites is 2. The third-order valence-electron chi connectivity index (χ3n) is 4.06. The Morgan fingerprint density at radius 1 is 1.00 bits per heavy atom. The molecule has 2 N–H and O–H groups in total. The van der Waals surface area contributed by atoms with E-state index >= 15 is 0 Å². The molecule has 0 aliphatic carbocycles. The van der Waals surface area contributed by atoms with Crippen molar-refractivity contribution in [1.29, 1.82) is 0 Å². The molecule has 0 saturated heterocycles. The van der Waals surface area contributed by atoms with E-state index in [1.54, 1.807) is 30.0 Å². The molecule has 0 bridgehead atoms. The van der Waals surface area contributed by atoms with Gasteiger partial charge in [-0.2, -0.15) is 0 Å². The average Bonchev–Trinajstić information content (AvgIpc) is 2.73. The van der Waals surface area contributed by atoms with Gasteiger partial charge in [-0.05, 0) is 48.2 Å². The van der Waals surface area contributed by atoms with Gasteiger partial charge in [-0.3, -0.25) is 4.79 Å². The molecule has 5 heteroatoms. The Bertz CT molecular complexity index is 882. The number of amides is 1. The Kier molecular flexibility index (Phi) is 6.52. The number of thioether (sulfide) groups is 1. The Morgan fingerprint density at radius 2 is 1.67 bits per heavy atom. The van der Waals surface area contributed by atoms with E-state index < -0.39 is 6.10 Å². The lowest BCUT2D eigenvalue weighted by molar-refractivity contribution is 0.0914. The van der Waals surface area contributed by atoms with Gasteiger partial charge in [-0.25, -0.2) is 0 Å². The first-order valence-electron chi connectivity index (χ1n) is 8.59. The van der Waals surface area contributed by atoms with Gasteiger partial charge < -0.3 is 15.2 Å². The number of aliphatic hydroxyl groups is 1. The maximum absolute atomic E-state index is 12.6. The zero-order chi connectivity index (χ0) is 19.1. The summed E-state index contributed by atoms with van der Waals surface area (Å²) in [7, 11) is 0. The second-order valence-corrected chi connectivity index (χ2v) is 6.79. The fraction of sp³-hybridized carbons (Fsp3) is 0.136. The molecule has 0 fully saturated rings. The molecule has 0 spiro atoms. The van der Waals surface area contributed by atoms with Crippen molar-refractivity contribution in [2.75, 3.05) is 12.8 Å². The van der Waals surface area contributed by atoms with Crippen LogP contribution in [0.15, 0.2) is 83.8 Å². The van der Waals surface area contributed by atoms with Crippen molar-refractivity contribution in [3.8, 4) is 11.5 Å². The number of hydrogen-bond donors (Lipinski definition) is 2. The number of benzene rings is 3. The van der Waals surface area contributed by atoms with Gasteiger partial charge in [0.2, 0.25) is 0 Å². The predicted octanol–water partition coefficient (Wildman–Crippen LogP) is 4.66. The molecule has 0 saturated carbocycles. The number of rotatable bonds is 7. The summed E-state index contributed by atoms with van der Waals surface area (Å²) in [5.74, 6) is 0.841. The second kappa shape index (κ2) is 9.26. The fourth-order valence-corrected chi connectivity index (χ4v) is 3.00. The minimum atomic E-state index is -0.771.